The molecule has 0 aliphatic carbocycles. The summed E-state index contributed by atoms with van der Waals surface area (Å²) in [6, 6.07) is 5.62. The highest BCUT2D eigenvalue weighted by Gasteiger charge is 2.34. The van der Waals surface area contributed by atoms with Crippen molar-refractivity contribution in [2.45, 2.75) is 81.7 Å². The molecule has 220 valence electrons. The van der Waals surface area contributed by atoms with E-state index in [1.54, 1.807) is 32.9 Å². The number of rotatable bonds is 9. The molecule has 2 saturated heterocycles. The zero-order valence-corrected chi connectivity index (χ0v) is 24.0. The molecule has 3 unspecified atom stereocenters. The summed E-state index contributed by atoms with van der Waals surface area (Å²) in [4.78, 5) is 28.6. The van der Waals surface area contributed by atoms with Gasteiger partial charge in [0.2, 0.25) is 5.91 Å². The first kappa shape index (κ1) is 31.1. The number of aromatic hydroxyl groups is 1. The van der Waals surface area contributed by atoms with Crippen molar-refractivity contribution in [1.82, 2.24) is 15.1 Å². The molecule has 0 bridgehead atoms. The number of phenolic OH excluding ortho intramolecular Hbond substituents is 1. The minimum absolute atomic E-state index is 0.0640. The van der Waals surface area contributed by atoms with Gasteiger partial charge in [0.1, 0.15) is 16.7 Å². The van der Waals surface area contributed by atoms with Gasteiger partial charge in [0, 0.05) is 26.1 Å². The van der Waals surface area contributed by atoms with Crippen LogP contribution in [0.2, 0.25) is 0 Å². The third kappa shape index (κ3) is 9.93. The molecule has 1 aromatic rings. The second kappa shape index (κ2) is 13.8. The molecule has 12 heteroatoms. The minimum atomic E-state index is -3.59. The Hall–Kier alpha value is -2.41. The summed E-state index contributed by atoms with van der Waals surface area (Å²) in [6.45, 7) is 7.73. The van der Waals surface area contributed by atoms with Crippen molar-refractivity contribution in [1.29, 1.82) is 0 Å². The summed E-state index contributed by atoms with van der Waals surface area (Å²) in [6.07, 6.45) is 0.462. The number of aliphatic hydroxyl groups excluding tert-OH is 1. The van der Waals surface area contributed by atoms with Gasteiger partial charge in [-0.2, -0.15) is 0 Å². The van der Waals surface area contributed by atoms with Gasteiger partial charge >= 0.3 is 6.09 Å². The van der Waals surface area contributed by atoms with Gasteiger partial charge in [-0.3, -0.25) is 9.69 Å². The van der Waals surface area contributed by atoms with Crippen LogP contribution in [-0.4, -0.2) is 103 Å². The smallest absolute Gasteiger partial charge is 0.410 e. The molecule has 3 atom stereocenters. The van der Waals surface area contributed by atoms with Gasteiger partial charge in [-0.25, -0.2) is 13.2 Å². The van der Waals surface area contributed by atoms with Crippen molar-refractivity contribution in [2.75, 3.05) is 39.4 Å². The van der Waals surface area contributed by atoms with E-state index in [0.29, 0.717) is 57.7 Å². The lowest BCUT2D eigenvalue weighted by molar-refractivity contribution is -0.122. The fourth-order valence-electron chi connectivity index (χ4n) is 4.89. The standard InChI is InChI=1S/C27H43N3O8S/c1-27(2,3)38-26(34)30-13-5-6-22(23(32)18-30)28-24(33)7-4-8-25(29-14-16-37-17-15-29)39(35,36)19-20-9-11-21(31)12-10-20/h9-12,22-23,25,31-32H,4-8,13-19H2,1-3H3,(H,28,33). The van der Waals surface area contributed by atoms with Crippen molar-refractivity contribution < 1.29 is 37.7 Å². The number of hydrogen-bond donors (Lipinski definition) is 3. The van der Waals surface area contributed by atoms with Crippen LogP contribution < -0.4 is 5.32 Å². The van der Waals surface area contributed by atoms with Gasteiger partial charge < -0.3 is 29.9 Å². The van der Waals surface area contributed by atoms with Crippen molar-refractivity contribution >= 4 is 21.8 Å². The van der Waals surface area contributed by atoms with Crippen LogP contribution in [0, 0.1) is 0 Å². The number of likely N-dealkylation sites (tertiary alicyclic amines) is 1. The molecule has 2 amide bonds. The molecule has 0 radical (unpaired) electrons. The van der Waals surface area contributed by atoms with Gasteiger partial charge in [-0.15, -0.1) is 0 Å². The van der Waals surface area contributed by atoms with Crippen LogP contribution in [0.25, 0.3) is 0 Å². The largest absolute Gasteiger partial charge is 0.508 e. The Labute approximate surface area is 231 Å². The summed E-state index contributed by atoms with van der Waals surface area (Å²) in [7, 11) is -3.59. The molecule has 3 rings (SSSR count). The third-order valence-electron chi connectivity index (χ3n) is 6.84. The number of carbonyl (C=O) groups is 2. The van der Waals surface area contributed by atoms with Gasteiger partial charge in [0.15, 0.2) is 9.84 Å². The number of amides is 2. The Morgan fingerprint density at radius 1 is 1.15 bits per heavy atom. The van der Waals surface area contributed by atoms with Gasteiger partial charge in [-0.05, 0) is 64.2 Å². The first-order valence-electron chi connectivity index (χ1n) is 13.6. The maximum Gasteiger partial charge on any atom is 0.410 e. The number of phenols is 1. The Kier molecular flexibility index (Phi) is 11.0. The van der Waals surface area contributed by atoms with Crippen molar-refractivity contribution in [3.63, 3.8) is 0 Å². The number of nitrogens with zero attached hydrogens (tertiary/aromatic N) is 2. The molecule has 2 heterocycles. The molecule has 3 N–H and O–H groups in total. The summed E-state index contributed by atoms with van der Waals surface area (Å²) < 4.78 is 37.6. The van der Waals surface area contributed by atoms with Crippen molar-refractivity contribution in [3.8, 4) is 5.75 Å². The number of benzene rings is 1. The number of aliphatic hydroxyl groups is 1. The zero-order valence-electron chi connectivity index (χ0n) is 23.2. The van der Waals surface area contributed by atoms with Crippen LogP contribution in [0.1, 0.15) is 58.4 Å². The van der Waals surface area contributed by atoms with Crippen LogP contribution in [0.4, 0.5) is 4.79 Å². The lowest BCUT2D eigenvalue weighted by Gasteiger charge is -2.34. The average molecular weight is 570 g/mol. The number of sulfone groups is 1. The molecule has 2 aliphatic heterocycles. The summed E-state index contributed by atoms with van der Waals surface area (Å²) in [5.74, 6) is -0.353. The molecule has 2 aliphatic rings. The Morgan fingerprint density at radius 3 is 2.46 bits per heavy atom. The zero-order chi connectivity index (χ0) is 28.6. The second-order valence-electron chi connectivity index (χ2n) is 11.3. The van der Waals surface area contributed by atoms with E-state index in [-0.39, 0.29) is 36.8 Å². The molecule has 0 spiro atoms. The number of β-amino-alcohol motifs (C(OH)–C–C–N with tert-alkyl or cyclic N) is 1. The van der Waals surface area contributed by atoms with Crippen molar-refractivity contribution in [2.24, 2.45) is 0 Å². The Morgan fingerprint density at radius 2 is 1.82 bits per heavy atom. The van der Waals surface area contributed by atoms with E-state index >= 15 is 0 Å². The summed E-state index contributed by atoms with van der Waals surface area (Å²) in [5.41, 5.74) is -0.0509. The Balaban J connectivity index is 1.55. The topological polar surface area (TPSA) is 146 Å². The molecule has 2 fully saturated rings. The predicted molar refractivity (Wildman–Crippen MR) is 146 cm³/mol. The van der Waals surface area contributed by atoms with E-state index in [0.717, 1.165) is 0 Å². The second-order valence-corrected chi connectivity index (χ2v) is 13.4. The summed E-state index contributed by atoms with van der Waals surface area (Å²) in [5, 5.41) is 22.3. The number of hydrogen-bond acceptors (Lipinski definition) is 9. The third-order valence-corrected chi connectivity index (χ3v) is 8.94. The van der Waals surface area contributed by atoms with Crippen LogP contribution in [0.15, 0.2) is 24.3 Å². The lowest BCUT2D eigenvalue weighted by atomic mass is 10.1. The normalized spacial score (nSPS) is 22.1. The monoisotopic (exact) mass is 569 g/mol. The molecule has 1 aromatic carbocycles. The number of morpholine rings is 1. The SMILES string of the molecule is CC(C)(C)OC(=O)N1CCCC(NC(=O)CCCC(N2CCOCC2)S(=O)(=O)Cc2ccc(O)cc2)C(O)C1. The van der Waals surface area contributed by atoms with Gasteiger partial charge in [0.05, 0.1) is 37.7 Å². The molecule has 39 heavy (non-hydrogen) atoms. The maximum atomic E-state index is 13.4. The molecular weight excluding hydrogens is 526 g/mol. The molecule has 0 saturated carbocycles. The van der Waals surface area contributed by atoms with Crippen molar-refractivity contribution in [3.05, 3.63) is 29.8 Å². The fraction of sp³-hybridized carbons (Fsp3) is 0.704. The summed E-state index contributed by atoms with van der Waals surface area (Å²) >= 11 is 0. The van der Waals surface area contributed by atoms with E-state index in [9.17, 15) is 28.2 Å². The van der Waals surface area contributed by atoms with Gasteiger partial charge in [0.25, 0.3) is 0 Å². The van der Waals surface area contributed by atoms with E-state index < -0.39 is 39.1 Å². The quantitative estimate of drug-likeness (QED) is 0.407. The number of nitrogens with one attached hydrogen (secondary N) is 1. The lowest BCUT2D eigenvalue weighted by Crippen LogP contribution is -2.48. The molecular formula is C27H43N3O8S. The van der Waals surface area contributed by atoms with Crippen LogP contribution >= 0.6 is 0 Å². The first-order chi connectivity index (χ1) is 18.3. The maximum absolute atomic E-state index is 13.4. The average Bonchev–Trinajstić information content (AvgIpc) is 3.04. The highest BCUT2D eigenvalue weighted by Crippen LogP contribution is 2.23. The highest BCUT2D eigenvalue weighted by atomic mass is 32.2. The van der Waals surface area contributed by atoms with E-state index in [1.807, 2.05) is 4.90 Å². The predicted octanol–water partition coefficient (Wildman–Crippen LogP) is 2.01. The highest BCUT2D eigenvalue weighted by molar-refractivity contribution is 7.91. The Bertz CT molecular complexity index is 1050. The molecule has 0 aromatic heterocycles. The van der Waals surface area contributed by atoms with Crippen LogP contribution in [0.5, 0.6) is 5.75 Å². The van der Waals surface area contributed by atoms with Crippen LogP contribution in [-0.2, 0) is 29.9 Å². The minimum Gasteiger partial charge on any atom is -0.508 e. The number of carbonyl (C=O) groups excluding carboxylic acids is 2. The fourth-order valence-corrected chi connectivity index (χ4v) is 6.93. The van der Waals surface area contributed by atoms with Gasteiger partial charge in [-0.1, -0.05) is 12.1 Å². The van der Waals surface area contributed by atoms with E-state index in [4.69, 9.17) is 9.47 Å². The van der Waals surface area contributed by atoms with E-state index in [2.05, 4.69) is 5.32 Å². The molecule has 11 nitrogen and oxygen atoms in total. The van der Waals surface area contributed by atoms with E-state index in [1.165, 1.54) is 17.0 Å². The first-order valence-corrected chi connectivity index (χ1v) is 15.3. The van der Waals surface area contributed by atoms with Crippen LogP contribution in [0.3, 0.4) is 0 Å². The number of ether oxygens (including phenoxy) is 2.